The van der Waals surface area contributed by atoms with Gasteiger partial charge in [0.2, 0.25) is 11.8 Å². The van der Waals surface area contributed by atoms with Gasteiger partial charge in [-0.3, -0.25) is 0 Å². The third kappa shape index (κ3) is 2.22. The van der Waals surface area contributed by atoms with Crippen molar-refractivity contribution in [2.75, 3.05) is 6.26 Å². The predicted molar refractivity (Wildman–Crippen MR) is 48.7 cm³/mol. The average molecular weight is 187 g/mol. The largest absolute Gasteiger partial charge is 0.423 e. The molecule has 0 aliphatic heterocycles. The second kappa shape index (κ2) is 4.47. The minimum atomic E-state index is -0.117. The zero-order valence-electron chi connectivity index (χ0n) is 7.28. The van der Waals surface area contributed by atoms with Gasteiger partial charge in [-0.15, -0.1) is 10.2 Å². The molecule has 0 aliphatic rings. The van der Waals surface area contributed by atoms with Crippen LogP contribution in [0.25, 0.3) is 0 Å². The summed E-state index contributed by atoms with van der Waals surface area (Å²) in [6, 6.07) is -0.117. The maximum atomic E-state index is 5.70. The molecular weight excluding hydrogens is 174 g/mol. The normalized spacial score (nSPS) is 13.2. The summed E-state index contributed by atoms with van der Waals surface area (Å²) in [7, 11) is 0. The minimum absolute atomic E-state index is 0.117. The van der Waals surface area contributed by atoms with Crippen LogP contribution in [0.15, 0.2) is 4.42 Å². The summed E-state index contributed by atoms with van der Waals surface area (Å²) >= 11 is 1.65. The van der Waals surface area contributed by atoms with Gasteiger partial charge in [0.05, 0.1) is 11.8 Å². The molecule has 0 bridgehead atoms. The first-order valence-electron chi connectivity index (χ1n) is 3.84. The van der Waals surface area contributed by atoms with Gasteiger partial charge < -0.3 is 10.2 Å². The van der Waals surface area contributed by atoms with Crippen LogP contribution in [0.5, 0.6) is 0 Å². The molecule has 1 rings (SSSR count). The third-order valence-corrected chi connectivity index (χ3v) is 2.04. The van der Waals surface area contributed by atoms with Crippen LogP contribution in [0.4, 0.5) is 0 Å². The van der Waals surface area contributed by atoms with Crippen LogP contribution in [0.2, 0.25) is 0 Å². The second-order valence-electron chi connectivity index (χ2n) is 2.48. The summed E-state index contributed by atoms with van der Waals surface area (Å²) in [5.41, 5.74) is 5.70. The smallest absolute Gasteiger partial charge is 0.233 e. The number of hydrogen-bond acceptors (Lipinski definition) is 5. The van der Waals surface area contributed by atoms with Crippen molar-refractivity contribution >= 4 is 11.8 Å². The van der Waals surface area contributed by atoms with Crippen molar-refractivity contribution < 1.29 is 4.42 Å². The first kappa shape index (κ1) is 9.54. The highest BCUT2D eigenvalue weighted by Gasteiger charge is 2.11. The molecule has 68 valence electrons. The number of aromatic nitrogens is 2. The molecule has 0 amide bonds. The monoisotopic (exact) mass is 187 g/mol. The molecule has 4 nitrogen and oxygen atoms in total. The lowest BCUT2D eigenvalue weighted by Crippen LogP contribution is -2.08. The maximum absolute atomic E-state index is 5.70. The first-order valence-corrected chi connectivity index (χ1v) is 5.24. The van der Waals surface area contributed by atoms with Crippen molar-refractivity contribution in [3.63, 3.8) is 0 Å². The molecule has 0 fully saturated rings. The molecular formula is C7H13N3OS. The average Bonchev–Trinajstić information content (AvgIpc) is 2.52. The van der Waals surface area contributed by atoms with Gasteiger partial charge >= 0.3 is 0 Å². The van der Waals surface area contributed by atoms with Crippen LogP contribution in [0.3, 0.4) is 0 Å². The van der Waals surface area contributed by atoms with Gasteiger partial charge in [-0.2, -0.15) is 11.8 Å². The molecule has 1 unspecified atom stereocenters. The molecule has 0 radical (unpaired) electrons. The SMILES string of the molecule is CCC(N)c1nnc(CSC)o1. The summed E-state index contributed by atoms with van der Waals surface area (Å²) in [5.74, 6) is 1.95. The quantitative estimate of drug-likeness (QED) is 0.770. The van der Waals surface area contributed by atoms with E-state index in [2.05, 4.69) is 10.2 Å². The number of thioether (sulfide) groups is 1. The van der Waals surface area contributed by atoms with Crippen molar-refractivity contribution in [2.24, 2.45) is 5.73 Å². The first-order chi connectivity index (χ1) is 5.77. The van der Waals surface area contributed by atoms with Crippen LogP contribution < -0.4 is 5.73 Å². The standard InChI is InChI=1S/C7H13N3OS/c1-3-5(8)7-10-9-6(11-7)4-12-2/h5H,3-4,8H2,1-2H3. The molecule has 12 heavy (non-hydrogen) atoms. The van der Waals surface area contributed by atoms with Crippen LogP contribution >= 0.6 is 11.8 Å². The lowest BCUT2D eigenvalue weighted by Gasteiger charge is -1.99. The summed E-state index contributed by atoms with van der Waals surface area (Å²) < 4.78 is 5.31. The number of nitrogens with two attached hydrogens (primary N) is 1. The summed E-state index contributed by atoms with van der Waals surface area (Å²) in [4.78, 5) is 0. The third-order valence-electron chi connectivity index (χ3n) is 1.51. The topological polar surface area (TPSA) is 64.9 Å². The molecule has 5 heteroatoms. The Morgan fingerprint density at radius 2 is 2.33 bits per heavy atom. The van der Waals surface area contributed by atoms with Crippen LogP contribution in [0, 0.1) is 0 Å². The van der Waals surface area contributed by atoms with Crippen molar-refractivity contribution in [1.82, 2.24) is 10.2 Å². The molecule has 0 saturated heterocycles. The molecule has 0 saturated carbocycles. The van der Waals surface area contributed by atoms with Crippen molar-refractivity contribution in [1.29, 1.82) is 0 Å². The number of rotatable bonds is 4. The van der Waals surface area contributed by atoms with Crippen molar-refractivity contribution in [3.8, 4) is 0 Å². The van der Waals surface area contributed by atoms with Crippen LogP contribution in [-0.2, 0) is 5.75 Å². The van der Waals surface area contributed by atoms with Gasteiger partial charge in [-0.05, 0) is 12.7 Å². The van der Waals surface area contributed by atoms with E-state index in [0.717, 1.165) is 12.2 Å². The van der Waals surface area contributed by atoms with Crippen molar-refractivity contribution in [3.05, 3.63) is 11.8 Å². The van der Waals surface area contributed by atoms with E-state index in [9.17, 15) is 0 Å². The fourth-order valence-corrected chi connectivity index (χ4v) is 1.14. The highest BCUT2D eigenvalue weighted by atomic mass is 32.2. The summed E-state index contributed by atoms with van der Waals surface area (Å²) in [6.07, 6.45) is 2.81. The zero-order chi connectivity index (χ0) is 8.97. The zero-order valence-corrected chi connectivity index (χ0v) is 8.10. The van der Waals surface area contributed by atoms with Gasteiger partial charge in [0.1, 0.15) is 0 Å². The lowest BCUT2D eigenvalue weighted by molar-refractivity contribution is 0.423. The van der Waals surface area contributed by atoms with E-state index >= 15 is 0 Å². The summed E-state index contributed by atoms with van der Waals surface area (Å²) in [5, 5.41) is 7.71. The van der Waals surface area contributed by atoms with E-state index in [0.29, 0.717) is 11.8 Å². The van der Waals surface area contributed by atoms with E-state index < -0.39 is 0 Å². The molecule has 0 aliphatic carbocycles. The van der Waals surface area contributed by atoms with Gasteiger partial charge in [0.15, 0.2) is 0 Å². The number of hydrogen-bond donors (Lipinski definition) is 1. The number of nitrogens with zero attached hydrogens (tertiary/aromatic N) is 2. The fourth-order valence-electron chi connectivity index (χ4n) is 0.773. The Bertz CT molecular complexity index is 238. The minimum Gasteiger partial charge on any atom is -0.423 e. The van der Waals surface area contributed by atoms with E-state index in [1.165, 1.54) is 0 Å². The fraction of sp³-hybridized carbons (Fsp3) is 0.714. The molecule has 2 N–H and O–H groups in total. The van der Waals surface area contributed by atoms with Gasteiger partial charge in [-0.25, -0.2) is 0 Å². The predicted octanol–water partition coefficient (Wildman–Crippen LogP) is 1.34. The van der Waals surface area contributed by atoms with Gasteiger partial charge in [0.25, 0.3) is 0 Å². The Kier molecular flexibility index (Phi) is 3.55. The Morgan fingerprint density at radius 1 is 1.58 bits per heavy atom. The van der Waals surface area contributed by atoms with Gasteiger partial charge in [0, 0.05) is 0 Å². The Hall–Kier alpha value is -0.550. The highest BCUT2D eigenvalue weighted by Crippen LogP contribution is 2.14. The molecule has 0 aromatic carbocycles. The Balaban J connectivity index is 2.63. The molecule has 1 aromatic rings. The molecule has 1 aromatic heterocycles. The summed E-state index contributed by atoms with van der Waals surface area (Å²) in [6.45, 7) is 1.99. The van der Waals surface area contributed by atoms with E-state index in [1.807, 2.05) is 13.2 Å². The lowest BCUT2D eigenvalue weighted by atomic mass is 10.2. The molecule has 0 spiro atoms. The second-order valence-corrected chi connectivity index (χ2v) is 3.35. The highest BCUT2D eigenvalue weighted by molar-refractivity contribution is 7.97. The van der Waals surface area contributed by atoms with Crippen molar-refractivity contribution in [2.45, 2.75) is 25.1 Å². The molecule has 1 atom stereocenters. The van der Waals surface area contributed by atoms with Crippen LogP contribution in [0.1, 0.15) is 31.2 Å². The Labute approximate surface area is 75.9 Å². The van der Waals surface area contributed by atoms with Gasteiger partial charge in [-0.1, -0.05) is 6.92 Å². The maximum Gasteiger partial charge on any atom is 0.233 e. The molecule has 1 heterocycles. The Morgan fingerprint density at radius 3 is 2.92 bits per heavy atom. The van der Waals surface area contributed by atoms with E-state index in [-0.39, 0.29) is 6.04 Å². The van der Waals surface area contributed by atoms with E-state index in [1.54, 1.807) is 11.8 Å². The van der Waals surface area contributed by atoms with E-state index in [4.69, 9.17) is 10.2 Å². The van der Waals surface area contributed by atoms with Crippen LogP contribution in [-0.4, -0.2) is 16.5 Å².